The molecule has 0 aliphatic carbocycles. The predicted molar refractivity (Wildman–Crippen MR) is 61.4 cm³/mol. The summed E-state index contributed by atoms with van der Waals surface area (Å²) >= 11 is 2.59. The maximum absolute atomic E-state index is 12.6. The predicted octanol–water partition coefficient (Wildman–Crippen LogP) is 2.94. The summed E-state index contributed by atoms with van der Waals surface area (Å²) in [6.07, 6.45) is 0.732. The molecule has 1 N–H and O–H groups in total. The molecule has 2 atom stereocenters. The number of amides is 1. The maximum Gasteiger partial charge on any atom is 0.266 e. The van der Waals surface area contributed by atoms with Crippen molar-refractivity contribution in [3.8, 4) is 0 Å². The van der Waals surface area contributed by atoms with E-state index in [1.807, 2.05) is 37.3 Å². The van der Waals surface area contributed by atoms with Gasteiger partial charge in [-0.15, -0.1) is 0 Å². The smallest absolute Gasteiger partial charge is 0.266 e. The SMILES string of the molecule is CCC(NC(=O)C(F)Br)c1ccccc1. The summed E-state index contributed by atoms with van der Waals surface area (Å²) in [6, 6.07) is 9.39. The average Bonchev–Trinajstić information content (AvgIpc) is 2.26. The number of carbonyl (C=O) groups is 1. The van der Waals surface area contributed by atoms with Crippen molar-refractivity contribution in [3.63, 3.8) is 0 Å². The van der Waals surface area contributed by atoms with Gasteiger partial charge in [-0.25, -0.2) is 4.39 Å². The van der Waals surface area contributed by atoms with Crippen molar-refractivity contribution in [2.45, 2.75) is 24.5 Å². The standard InChI is InChI=1S/C11H13BrFNO/c1-2-9(14-11(15)10(12)13)8-6-4-3-5-7-8/h3-7,9-10H,2H2,1H3,(H,14,15). The summed E-state index contributed by atoms with van der Waals surface area (Å²) in [7, 11) is 0. The number of nitrogens with one attached hydrogen (secondary N) is 1. The van der Waals surface area contributed by atoms with E-state index < -0.39 is 11.0 Å². The maximum atomic E-state index is 12.6. The van der Waals surface area contributed by atoms with E-state index in [0.717, 1.165) is 12.0 Å². The Morgan fingerprint density at radius 3 is 2.53 bits per heavy atom. The third-order valence-electron chi connectivity index (χ3n) is 2.12. The first-order chi connectivity index (χ1) is 7.15. The number of carbonyl (C=O) groups excluding carboxylic acids is 1. The van der Waals surface area contributed by atoms with E-state index in [-0.39, 0.29) is 6.04 Å². The molecule has 1 amide bonds. The quantitative estimate of drug-likeness (QED) is 0.840. The van der Waals surface area contributed by atoms with Crippen LogP contribution in [0.25, 0.3) is 0 Å². The van der Waals surface area contributed by atoms with Crippen LogP contribution in [-0.4, -0.2) is 11.0 Å². The minimum absolute atomic E-state index is 0.130. The molecule has 82 valence electrons. The molecule has 0 spiro atoms. The van der Waals surface area contributed by atoms with Crippen LogP contribution < -0.4 is 5.32 Å². The number of alkyl halides is 2. The second-order valence-electron chi connectivity index (χ2n) is 3.18. The van der Waals surface area contributed by atoms with Gasteiger partial charge in [0.1, 0.15) is 0 Å². The molecule has 15 heavy (non-hydrogen) atoms. The Morgan fingerprint density at radius 1 is 1.47 bits per heavy atom. The number of benzene rings is 1. The highest BCUT2D eigenvalue weighted by atomic mass is 79.9. The van der Waals surface area contributed by atoms with Gasteiger partial charge in [-0.1, -0.05) is 37.3 Å². The minimum Gasteiger partial charge on any atom is -0.346 e. The summed E-state index contributed by atoms with van der Waals surface area (Å²) in [5.74, 6) is -0.634. The molecular formula is C11H13BrFNO. The van der Waals surface area contributed by atoms with E-state index in [0.29, 0.717) is 0 Å². The molecule has 1 aromatic rings. The molecule has 0 fully saturated rings. The van der Waals surface area contributed by atoms with Crippen molar-refractivity contribution in [2.75, 3.05) is 0 Å². The van der Waals surface area contributed by atoms with Crippen LogP contribution in [0.3, 0.4) is 0 Å². The Morgan fingerprint density at radius 2 is 2.07 bits per heavy atom. The highest BCUT2D eigenvalue weighted by Crippen LogP contribution is 2.16. The van der Waals surface area contributed by atoms with Gasteiger partial charge in [0.15, 0.2) is 0 Å². The van der Waals surface area contributed by atoms with Crippen LogP contribution in [0.2, 0.25) is 0 Å². The number of hydrogen-bond acceptors (Lipinski definition) is 1. The van der Waals surface area contributed by atoms with E-state index in [1.54, 1.807) is 0 Å². The van der Waals surface area contributed by atoms with Gasteiger partial charge in [-0.05, 0) is 27.9 Å². The van der Waals surface area contributed by atoms with E-state index >= 15 is 0 Å². The summed E-state index contributed by atoms with van der Waals surface area (Å²) in [4.78, 5) is 11.2. The highest BCUT2D eigenvalue weighted by Gasteiger charge is 2.17. The van der Waals surface area contributed by atoms with E-state index in [4.69, 9.17) is 0 Å². The molecule has 0 aliphatic rings. The molecule has 4 heteroatoms. The monoisotopic (exact) mass is 273 g/mol. The lowest BCUT2D eigenvalue weighted by atomic mass is 10.0. The van der Waals surface area contributed by atoms with E-state index in [9.17, 15) is 9.18 Å². The number of halogens is 2. The van der Waals surface area contributed by atoms with Crippen molar-refractivity contribution >= 4 is 21.8 Å². The zero-order valence-corrected chi connectivity index (χ0v) is 10.00. The summed E-state index contributed by atoms with van der Waals surface area (Å²) in [5.41, 5.74) is 0.988. The summed E-state index contributed by atoms with van der Waals surface area (Å²) < 4.78 is 12.6. The Kier molecular flexibility index (Phi) is 4.75. The number of hydrogen-bond donors (Lipinski definition) is 1. The zero-order chi connectivity index (χ0) is 11.3. The van der Waals surface area contributed by atoms with Crippen molar-refractivity contribution in [1.29, 1.82) is 0 Å². The molecule has 0 saturated heterocycles. The summed E-state index contributed by atoms with van der Waals surface area (Å²) in [5, 5.41) is 0.978. The molecule has 0 aromatic heterocycles. The normalized spacial score (nSPS) is 14.3. The molecule has 2 unspecified atom stereocenters. The largest absolute Gasteiger partial charge is 0.346 e. The third-order valence-corrected chi connectivity index (χ3v) is 2.54. The Hall–Kier alpha value is -0.900. The topological polar surface area (TPSA) is 29.1 Å². The molecule has 1 aromatic carbocycles. The van der Waals surface area contributed by atoms with Gasteiger partial charge in [-0.3, -0.25) is 4.79 Å². The fourth-order valence-electron chi connectivity index (χ4n) is 1.34. The van der Waals surface area contributed by atoms with Crippen molar-refractivity contribution in [2.24, 2.45) is 0 Å². The molecular weight excluding hydrogens is 261 g/mol. The van der Waals surface area contributed by atoms with Gasteiger partial charge in [0.2, 0.25) is 5.08 Å². The lowest BCUT2D eigenvalue weighted by Crippen LogP contribution is -2.32. The van der Waals surface area contributed by atoms with E-state index in [1.165, 1.54) is 0 Å². The lowest BCUT2D eigenvalue weighted by Gasteiger charge is -2.17. The van der Waals surface area contributed by atoms with E-state index in [2.05, 4.69) is 21.2 Å². The van der Waals surface area contributed by atoms with Gasteiger partial charge in [0.05, 0.1) is 6.04 Å². The fraction of sp³-hybridized carbons (Fsp3) is 0.364. The third kappa shape index (κ3) is 3.63. The Balaban J connectivity index is 2.69. The average molecular weight is 274 g/mol. The second kappa shape index (κ2) is 5.85. The Labute approximate surface area is 97.0 Å². The fourth-order valence-corrected chi connectivity index (χ4v) is 1.47. The molecule has 1 rings (SSSR count). The molecule has 2 nitrogen and oxygen atoms in total. The van der Waals surface area contributed by atoms with Crippen molar-refractivity contribution < 1.29 is 9.18 Å². The summed E-state index contributed by atoms with van der Waals surface area (Å²) in [6.45, 7) is 1.94. The van der Waals surface area contributed by atoms with Crippen LogP contribution in [0, 0.1) is 0 Å². The van der Waals surface area contributed by atoms with Gasteiger partial charge >= 0.3 is 0 Å². The first kappa shape index (κ1) is 12.2. The van der Waals surface area contributed by atoms with Gasteiger partial charge in [-0.2, -0.15) is 0 Å². The zero-order valence-electron chi connectivity index (χ0n) is 8.41. The molecule has 0 radical (unpaired) electrons. The van der Waals surface area contributed by atoms with Crippen LogP contribution in [0.15, 0.2) is 30.3 Å². The second-order valence-corrected chi connectivity index (χ2v) is 3.98. The molecule has 0 aliphatic heterocycles. The number of rotatable bonds is 4. The van der Waals surface area contributed by atoms with Crippen LogP contribution in [0.5, 0.6) is 0 Å². The first-order valence-electron chi connectivity index (χ1n) is 4.78. The molecule has 0 heterocycles. The highest BCUT2D eigenvalue weighted by molar-refractivity contribution is 9.09. The van der Waals surface area contributed by atoms with Crippen molar-refractivity contribution in [3.05, 3.63) is 35.9 Å². The van der Waals surface area contributed by atoms with Gasteiger partial charge in [0, 0.05) is 0 Å². The van der Waals surface area contributed by atoms with Crippen LogP contribution in [0.1, 0.15) is 24.9 Å². The van der Waals surface area contributed by atoms with Crippen LogP contribution in [-0.2, 0) is 4.79 Å². The molecule has 0 bridgehead atoms. The molecule has 0 saturated carbocycles. The lowest BCUT2D eigenvalue weighted by molar-refractivity contribution is -0.123. The van der Waals surface area contributed by atoms with Crippen LogP contribution >= 0.6 is 15.9 Å². The van der Waals surface area contributed by atoms with Gasteiger partial charge in [0.25, 0.3) is 5.91 Å². The minimum atomic E-state index is -1.64. The van der Waals surface area contributed by atoms with Crippen molar-refractivity contribution in [1.82, 2.24) is 5.32 Å². The Bertz CT molecular complexity index is 316. The van der Waals surface area contributed by atoms with Gasteiger partial charge < -0.3 is 5.32 Å². The first-order valence-corrected chi connectivity index (χ1v) is 5.70. The van der Waals surface area contributed by atoms with Crippen LogP contribution in [0.4, 0.5) is 4.39 Å².